The zero-order valence-corrected chi connectivity index (χ0v) is 7.66. The SMILES string of the molecule is NOOc1ccc(OCCCl)cc1. The summed E-state index contributed by atoms with van der Waals surface area (Å²) in [5.41, 5.74) is 0. The van der Waals surface area contributed by atoms with E-state index >= 15 is 0 Å². The Morgan fingerprint density at radius 3 is 2.31 bits per heavy atom. The third-order valence-electron chi connectivity index (χ3n) is 1.31. The molecule has 0 aliphatic rings. The Morgan fingerprint density at radius 2 is 1.77 bits per heavy atom. The molecule has 0 aliphatic heterocycles. The molecule has 5 heteroatoms. The molecule has 0 saturated heterocycles. The fraction of sp³-hybridized carbons (Fsp3) is 0.250. The van der Waals surface area contributed by atoms with Gasteiger partial charge >= 0.3 is 0 Å². The Kier molecular flexibility index (Phi) is 4.39. The minimum atomic E-state index is 0.462. The molecule has 72 valence electrons. The van der Waals surface area contributed by atoms with Gasteiger partial charge in [-0.05, 0) is 24.3 Å². The molecule has 1 aromatic rings. The Bertz CT molecular complexity index is 240. The van der Waals surface area contributed by atoms with Crippen molar-refractivity contribution in [3.63, 3.8) is 0 Å². The van der Waals surface area contributed by atoms with E-state index in [1.807, 2.05) is 0 Å². The second-order valence-corrected chi connectivity index (χ2v) is 2.57. The van der Waals surface area contributed by atoms with Gasteiger partial charge in [0.25, 0.3) is 0 Å². The first kappa shape index (κ1) is 10.1. The second kappa shape index (κ2) is 5.64. The van der Waals surface area contributed by atoms with Crippen molar-refractivity contribution in [2.45, 2.75) is 0 Å². The monoisotopic (exact) mass is 203 g/mol. The topological polar surface area (TPSA) is 53.7 Å². The highest BCUT2D eigenvalue weighted by Gasteiger charge is 1.95. The van der Waals surface area contributed by atoms with Crippen molar-refractivity contribution >= 4 is 11.6 Å². The van der Waals surface area contributed by atoms with Crippen LogP contribution in [0.4, 0.5) is 0 Å². The summed E-state index contributed by atoms with van der Waals surface area (Å²) in [6, 6.07) is 6.83. The molecule has 1 aromatic carbocycles. The maximum atomic E-state index is 5.45. The first-order valence-corrected chi connectivity index (χ1v) is 4.22. The van der Waals surface area contributed by atoms with Crippen molar-refractivity contribution in [3.05, 3.63) is 24.3 Å². The van der Waals surface area contributed by atoms with E-state index in [0.29, 0.717) is 18.2 Å². The third-order valence-corrected chi connectivity index (χ3v) is 1.47. The molecule has 2 N–H and O–H groups in total. The molecule has 0 saturated carbocycles. The van der Waals surface area contributed by atoms with Gasteiger partial charge < -0.3 is 9.62 Å². The standard InChI is InChI=1S/C8H10ClNO3/c9-5-6-11-7-1-3-8(4-2-7)12-13-10/h1-4H,5-6,10H2. The Balaban J connectivity index is 2.48. The molecule has 0 spiro atoms. The van der Waals surface area contributed by atoms with Crippen LogP contribution in [0.2, 0.25) is 0 Å². The average Bonchev–Trinajstić information content (AvgIpc) is 2.17. The lowest BCUT2D eigenvalue weighted by Gasteiger charge is -2.04. The van der Waals surface area contributed by atoms with E-state index in [0.717, 1.165) is 5.75 Å². The highest BCUT2D eigenvalue weighted by Crippen LogP contribution is 2.17. The van der Waals surface area contributed by atoms with E-state index in [2.05, 4.69) is 9.88 Å². The van der Waals surface area contributed by atoms with E-state index in [4.69, 9.17) is 22.2 Å². The fourth-order valence-electron chi connectivity index (χ4n) is 0.803. The van der Waals surface area contributed by atoms with Crippen LogP contribution in [0.3, 0.4) is 0 Å². The van der Waals surface area contributed by atoms with Crippen molar-refractivity contribution in [2.24, 2.45) is 5.90 Å². The maximum Gasteiger partial charge on any atom is 0.167 e. The molecule has 0 aliphatic carbocycles. The Labute approximate surface area is 81.0 Å². The normalized spacial score (nSPS) is 9.69. The van der Waals surface area contributed by atoms with E-state index in [1.54, 1.807) is 24.3 Å². The number of benzene rings is 1. The zero-order chi connectivity index (χ0) is 9.52. The molecule has 0 amide bonds. The summed E-state index contributed by atoms with van der Waals surface area (Å²) < 4.78 is 5.23. The zero-order valence-electron chi connectivity index (χ0n) is 6.90. The molecule has 13 heavy (non-hydrogen) atoms. The van der Waals surface area contributed by atoms with E-state index < -0.39 is 0 Å². The molecule has 0 bridgehead atoms. The lowest BCUT2D eigenvalue weighted by Crippen LogP contribution is -2.03. The number of hydrogen-bond acceptors (Lipinski definition) is 4. The fourth-order valence-corrected chi connectivity index (χ4v) is 0.881. The Hall–Kier alpha value is -0.970. The smallest absolute Gasteiger partial charge is 0.167 e. The summed E-state index contributed by atoms with van der Waals surface area (Å²) in [6.07, 6.45) is 0. The van der Waals surface area contributed by atoms with E-state index in [9.17, 15) is 0 Å². The van der Waals surface area contributed by atoms with Gasteiger partial charge in [-0.3, -0.25) is 0 Å². The van der Waals surface area contributed by atoms with E-state index in [1.165, 1.54) is 0 Å². The first-order chi connectivity index (χ1) is 6.36. The minimum Gasteiger partial charge on any atom is -0.492 e. The molecule has 0 fully saturated rings. The van der Waals surface area contributed by atoms with Crippen LogP contribution >= 0.6 is 11.6 Å². The Morgan fingerprint density at radius 1 is 1.15 bits per heavy atom. The van der Waals surface area contributed by atoms with Crippen molar-refractivity contribution in [1.82, 2.24) is 0 Å². The molecule has 4 nitrogen and oxygen atoms in total. The van der Waals surface area contributed by atoms with Gasteiger partial charge in [0.05, 0.1) is 5.88 Å². The van der Waals surface area contributed by atoms with Crippen molar-refractivity contribution < 1.29 is 14.6 Å². The van der Waals surface area contributed by atoms with Gasteiger partial charge in [0.15, 0.2) is 5.75 Å². The number of nitrogens with two attached hydrogens (primary N) is 1. The van der Waals surface area contributed by atoms with Crippen LogP contribution in [0.15, 0.2) is 24.3 Å². The third kappa shape index (κ3) is 3.50. The summed E-state index contributed by atoms with van der Waals surface area (Å²) in [5, 5.41) is 0. The highest BCUT2D eigenvalue weighted by atomic mass is 35.5. The van der Waals surface area contributed by atoms with Crippen LogP contribution in [-0.4, -0.2) is 12.5 Å². The van der Waals surface area contributed by atoms with Gasteiger partial charge in [-0.2, -0.15) is 5.90 Å². The maximum absolute atomic E-state index is 5.45. The van der Waals surface area contributed by atoms with Crippen molar-refractivity contribution in [3.8, 4) is 11.5 Å². The van der Waals surface area contributed by atoms with Crippen LogP contribution < -0.4 is 15.5 Å². The first-order valence-electron chi connectivity index (χ1n) is 3.69. The van der Waals surface area contributed by atoms with Gasteiger partial charge in [0, 0.05) is 0 Å². The highest BCUT2D eigenvalue weighted by molar-refractivity contribution is 6.17. The quantitative estimate of drug-likeness (QED) is 0.448. The minimum absolute atomic E-state index is 0.462. The molecule has 0 aromatic heterocycles. The summed E-state index contributed by atoms with van der Waals surface area (Å²) in [7, 11) is 0. The molecular formula is C8H10ClNO3. The molecule has 0 radical (unpaired) electrons. The predicted octanol–water partition coefficient (Wildman–Crippen LogP) is 1.49. The summed E-state index contributed by atoms with van der Waals surface area (Å²) >= 11 is 5.45. The lowest BCUT2D eigenvalue weighted by atomic mass is 10.3. The van der Waals surface area contributed by atoms with Crippen LogP contribution in [0.1, 0.15) is 0 Å². The molecular weight excluding hydrogens is 194 g/mol. The van der Waals surface area contributed by atoms with Crippen LogP contribution in [-0.2, 0) is 4.99 Å². The van der Waals surface area contributed by atoms with Crippen LogP contribution in [0.5, 0.6) is 11.5 Å². The molecule has 0 unspecified atom stereocenters. The molecule has 0 heterocycles. The molecule has 1 rings (SSSR count). The number of hydrogen-bond donors (Lipinski definition) is 1. The van der Waals surface area contributed by atoms with Gasteiger partial charge in [-0.25, -0.2) is 0 Å². The van der Waals surface area contributed by atoms with Crippen molar-refractivity contribution in [2.75, 3.05) is 12.5 Å². The number of rotatable bonds is 5. The van der Waals surface area contributed by atoms with E-state index in [-0.39, 0.29) is 0 Å². The number of alkyl halides is 1. The number of halogens is 1. The van der Waals surface area contributed by atoms with Gasteiger partial charge in [0.1, 0.15) is 12.4 Å². The van der Waals surface area contributed by atoms with Gasteiger partial charge in [0.2, 0.25) is 0 Å². The van der Waals surface area contributed by atoms with Crippen LogP contribution in [0.25, 0.3) is 0 Å². The van der Waals surface area contributed by atoms with Gasteiger partial charge in [-0.15, -0.1) is 11.6 Å². The molecule has 0 atom stereocenters. The lowest BCUT2D eigenvalue weighted by molar-refractivity contribution is -0.211. The number of ether oxygens (including phenoxy) is 1. The second-order valence-electron chi connectivity index (χ2n) is 2.19. The van der Waals surface area contributed by atoms with Crippen molar-refractivity contribution in [1.29, 1.82) is 0 Å². The predicted molar refractivity (Wildman–Crippen MR) is 48.6 cm³/mol. The summed E-state index contributed by atoms with van der Waals surface area (Å²) in [4.78, 5) is 8.55. The van der Waals surface area contributed by atoms with Gasteiger partial charge in [-0.1, -0.05) is 4.99 Å². The summed E-state index contributed by atoms with van der Waals surface area (Å²) in [5.74, 6) is 6.41. The summed E-state index contributed by atoms with van der Waals surface area (Å²) in [6.45, 7) is 0.481. The largest absolute Gasteiger partial charge is 0.492 e. The average molecular weight is 204 g/mol. The van der Waals surface area contributed by atoms with Crippen LogP contribution in [0, 0.1) is 0 Å².